The highest BCUT2D eigenvalue weighted by Crippen LogP contribution is 2.13. The van der Waals surface area contributed by atoms with Crippen LogP contribution in [0, 0.1) is 0 Å². The summed E-state index contributed by atoms with van der Waals surface area (Å²) < 4.78 is 11.5. The second-order valence-corrected chi connectivity index (χ2v) is 6.28. The van der Waals surface area contributed by atoms with E-state index in [1.807, 2.05) is 12.1 Å². The maximum absolute atomic E-state index is 12.2. The monoisotopic (exact) mass is 423 g/mol. The summed E-state index contributed by atoms with van der Waals surface area (Å²) in [7, 11) is 1.32. The molecule has 0 radical (unpaired) electrons. The number of nitrogens with one attached hydrogen (secondary N) is 2. The first-order chi connectivity index (χ1) is 15.1. The number of carbonyl (C=O) groups excluding carboxylic acids is 2. The lowest BCUT2D eigenvalue weighted by Crippen LogP contribution is -2.31. The molecule has 1 amide bonds. The van der Waals surface area contributed by atoms with Crippen LogP contribution in [-0.4, -0.2) is 51.9 Å². The molecule has 10 nitrogen and oxygen atoms in total. The highest BCUT2D eigenvalue weighted by Gasteiger charge is 2.12. The summed E-state index contributed by atoms with van der Waals surface area (Å²) in [6, 6.07) is 8.87. The van der Waals surface area contributed by atoms with Gasteiger partial charge >= 0.3 is 5.97 Å². The van der Waals surface area contributed by atoms with Crippen LogP contribution in [0.2, 0.25) is 0 Å². The minimum atomic E-state index is -0.546. The van der Waals surface area contributed by atoms with Gasteiger partial charge in [0.1, 0.15) is 11.3 Å². The van der Waals surface area contributed by atoms with Crippen molar-refractivity contribution in [1.82, 2.24) is 25.1 Å². The van der Waals surface area contributed by atoms with Gasteiger partial charge in [0.15, 0.2) is 0 Å². The molecule has 0 aliphatic carbocycles. The molecule has 2 aromatic heterocycles. The zero-order valence-corrected chi connectivity index (χ0v) is 16.8. The number of nitrogens with zero attached hydrogens (tertiary/aromatic N) is 3. The van der Waals surface area contributed by atoms with E-state index in [0.29, 0.717) is 25.3 Å². The lowest BCUT2D eigenvalue weighted by molar-refractivity contribution is -0.134. The summed E-state index contributed by atoms with van der Waals surface area (Å²) in [5.41, 5.74) is 0.213. The van der Waals surface area contributed by atoms with Crippen LogP contribution in [0.3, 0.4) is 0 Å². The third-order valence-electron chi connectivity index (χ3n) is 4.12. The molecule has 0 saturated heterocycles. The quantitative estimate of drug-likeness (QED) is 0.302. The summed E-state index contributed by atoms with van der Waals surface area (Å²) in [5.74, 6) is -0.0420. The Labute approximate surface area is 177 Å². The van der Waals surface area contributed by atoms with Crippen LogP contribution in [0.25, 0.3) is 12.0 Å². The first-order valence-electron chi connectivity index (χ1n) is 9.43. The number of carbonyl (C=O) groups is 2. The van der Waals surface area contributed by atoms with Gasteiger partial charge < -0.3 is 14.8 Å². The number of methoxy groups -OCH3 is 1. The summed E-state index contributed by atoms with van der Waals surface area (Å²) in [5, 5.41) is 6.64. The van der Waals surface area contributed by atoms with Crippen molar-refractivity contribution in [2.75, 3.05) is 20.3 Å². The molecule has 31 heavy (non-hydrogen) atoms. The number of esters is 1. The van der Waals surface area contributed by atoms with E-state index in [9.17, 15) is 14.4 Å². The van der Waals surface area contributed by atoms with Gasteiger partial charge in [0.05, 0.1) is 13.7 Å². The minimum Gasteiger partial charge on any atom is -0.494 e. The average Bonchev–Trinajstić information content (AvgIpc) is 3.33. The van der Waals surface area contributed by atoms with Crippen LogP contribution in [-0.2, 0) is 9.53 Å². The molecule has 0 unspecified atom stereocenters. The molecule has 0 aliphatic rings. The zero-order chi connectivity index (χ0) is 22.1. The number of amides is 1. The molecule has 0 fully saturated rings. The van der Waals surface area contributed by atoms with Gasteiger partial charge in [0.2, 0.25) is 5.95 Å². The van der Waals surface area contributed by atoms with E-state index in [-0.39, 0.29) is 11.5 Å². The first kappa shape index (κ1) is 21.5. The van der Waals surface area contributed by atoms with Gasteiger partial charge in [0.25, 0.3) is 11.5 Å². The second-order valence-electron chi connectivity index (χ2n) is 6.28. The Morgan fingerprint density at radius 2 is 2.06 bits per heavy atom. The molecular weight excluding hydrogens is 402 g/mol. The van der Waals surface area contributed by atoms with Crippen LogP contribution < -0.4 is 15.6 Å². The molecule has 0 spiro atoms. The molecule has 3 aromatic rings. The van der Waals surface area contributed by atoms with Crippen molar-refractivity contribution in [3.63, 3.8) is 0 Å². The number of hydrogen-bond donors (Lipinski definition) is 2. The summed E-state index contributed by atoms with van der Waals surface area (Å²) >= 11 is 0. The van der Waals surface area contributed by atoms with E-state index in [0.717, 1.165) is 5.56 Å². The van der Waals surface area contributed by atoms with E-state index < -0.39 is 17.4 Å². The van der Waals surface area contributed by atoms with Crippen molar-refractivity contribution in [3.8, 4) is 11.7 Å². The third-order valence-corrected chi connectivity index (χ3v) is 4.12. The van der Waals surface area contributed by atoms with E-state index in [2.05, 4.69) is 25.1 Å². The van der Waals surface area contributed by atoms with E-state index in [1.165, 1.54) is 24.1 Å². The minimum absolute atomic E-state index is 0.0765. The maximum atomic E-state index is 12.2. The molecule has 0 saturated carbocycles. The summed E-state index contributed by atoms with van der Waals surface area (Å²) in [6.07, 6.45) is 7.93. The van der Waals surface area contributed by atoms with E-state index in [4.69, 9.17) is 4.74 Å². The van der Waals surface area contributed by atoms with Gasteiger partial charge in [-0.1, -0.05) is 12.1 Å². The summed E-state index contributed by atoms with van der Waals surface area (Å²) in [6.45, 7) is 0.712. The van der Waals surface area contributed by atoms with Crippen LogP contribution in [0.15, 0.2) is 59.8 Å². The number of aromatic nitrogens is 4. The van der Waals surface area contributed by atoms with Crippen LogP contribution in [0.4, 0.5) is 0 Å². The fraction of sp³-hybridized carbons (Fsp3) is 0.190. The van der Waals surface area contributed by atoms with Crippen molar-refractivity contribution < 1.29 is 19.1 Å². The molecule has 2 heterocycles. The van der Waals surface area contributed by atoms with Crippen molar-refractivity contribution in [2.24, 2.45) is 0 Å². The van der Waals surface area contributed by atoms with Gasteiger partial charge in [-0.2, -0.15) is 5.10 Å². The Morgan fingerprint density at radius 3 is 2.74 bits per heavy atom. The number of hydrogen-bond acceptors (Lipinski definition) is 7. The number of rotatable bonds is 9. The zero-order valence-electron chi connectivity index (χ0n) is 16.8. The van der Waals surface area contributed by atoms with E-state index >= 15 is 0 Å². The number of ether oxygens (including phenoxy) is 2. The van der Waals surface area contributed by atoms with Crippen molar-refractivity contribution >= 4 is 18.0 Å². The standard InChI is InChI=1S/C21H21N5O5/c1-30-18(27)9-6-15-4-7-16(8-5-15)31-13-3-10-22-19(28)17-14-23-21(25-20(17)29)26-12-2-11-24-26/h2,4-9,11-12,14H,3,10,13H2,1H3,(H,22,28)(H,23,25,29). The second kappa shape index (κ2) is 10.5. The lowest BCUT2D eigenvalue weighted by Gasteiger charge is -2.08. The predicted octanol–water partition coefficient (Wildman–Crippen LogP) is 1.34. The largest absolute Gasteiger partial charge is 0.494 e. The molecule has 1 aromatic carbocycles. The molecule has 0 atom stereocenters. The molecule has 10 heteroatoms. The number of benzene rings is 1. The maximum Gasteiger partial charge on any atom is 0.330 e. The average molecular weight is 423 g/mol. The molecule has 3 rings (SSSR count). The third kappa shape index (κ3) is 6.13. The van der Waals surface area contributed by atoms with Gasteiger partial charge in [-0.25, -0.2) is 14.5 Å². The van der Waals surface area contributed by atoms with Gasteiger partial charge in [0, 0.05) is 31.2 Å². The molecule has 0 aliphatic heterocycles. The predicted molar refractivity (Wildman–Crippen MR) is 112 cm³/mol. The molecule has 0 bridgehead atoms. The first-order valence-corrected chi connectivity index (χ1v) is 9.43. The number of H-pyrrole nitrogens is 1. The van der Waals surface area contributed by atoms with Gasteiger partial charge in [-0.3, -0.25) is 14.6 Å². The lowest BCUT2D eigenvalue weighted by atomic mass is 10.2. The Kier molecular flexibility index (Phi) is 7.30. The van der Waals surface area contributed by atoms with Crippen molar-refractivity contribution in [3.05, 3.63) is 76.5 Å². The Balaban J connectivity index is 1.42. The highest BCUT2D eigenvalue weighted by atomic mass is 16.5. The fourth-order valence-electron chi connectivity index (χ4n) is 2.52. The Bertz CT molecular complexity index is 1100. The fourth-order valence-corrected chi connectivity index (χ4v) is 2.52. The Hall–Kier alpha value is -4.21. The van der Waals surface area contributed by atoms with Crippen LogP contribution >= 0.6 is 0 Å². The topological polar surface area (TPSA) is 128 Å². The van der Waals surface area contributed by atoms with Crippen LogP contribution in [0.5, 0.6) is 5.75 Å². The smallest absolute Gasteiger partial charge is 0.330 e. The Morgan fingerprint density at radius 1 is 1.26 bits per heavy atom. The number of aromatic amines is 1. The summed E-state index contributed by atoms with van der Waals surface area (Å²) in [4.78, 5) is 42.0. The molecule has 2 N–H and O–H groups in total. The van der Waals surface area contributed by atoms with Gasteiger partial charge in [-0.15, -0.1) is 0 Å². The van der Waals surface area contributed by atoms with Gasteiger partial charge in [-0.05, 0) is 36.3 Å². The van der Waals surface area contributed by atoms with E-state index in [1.54, 1.807) is 36.7 Å². The normalized spacial score (nSPS) is 10.7. The SMILES string of the molecule is COC(=O)C=Cc1ccc(OCCCNC(=O)c2cnc(-n3cccn3)[nH]c2=O)cc1. The highest BCUT2D eigenvalue weighted by molar-refractivity contribution is 5.93. The van der Waals surface area contributed by atoms with Crippen molar-refractivity contribution in [2.45, 2.75) is 6.42 Å². The van der Waals surface area contributed by atoms with Crippen molar-refractivity contribution in [1.29, 1.82) is 0 Å². The molecular formula is C21H21N5O5. The molecule has 160 valence electrons. The van der Waals surface area contributed by atoms with Crippen LogP contribution in [0.1, 0.15) is 22.3 Å².